The molecule has 2 nitrogen and oxygen atoms in total. The number of halogens is 2. The van der Waals surface area contributed by atoms with Gasteiger partial charge in [0, 0.05) is 25.9 Å². The molecule has 1 aliphatic heterocycles. The number of nitrogens with zero attached hydrogens (tertiary/aromatic N) is 2. The molecule has 2 rings (SSSR count). The molecule has 1 aliphatic carbocycles. The van der Waals surface area contributed by atoms with Crippen molar-refractivity contribution in [3.05, 3.63) is 12.7 Å². The molecule has 0 aromatic rings. The van der Waals surface area contributed by atoms with Crippen LogP contribution in [0.5, 0.6) is 0 Å². The first-order valence-electron chi connectivity index (χ1n) is 7.29. The number of hydrogen-bond acceptors (Lipinski definition) is 2. The summed E-state index contributed by atoms with van der Waals surface area (Å²) in [4.78, 5) is 4.61. The summed E-state index contributed by atoms with van der Waals surface area (Å²) in [5.74, 6) is -2.08. The van der Waals surface area contributed by atoms with E-state index in [4.69, 9.17) is 0 Å². The average Bonchev–Trinajstić information content (AvgIpc) is 2.71. The number of alkyl halides is 2. The summed E-state index contributed by atoms with van der Waals surface area (Å²) in [7, 11) is 4.28. The molecule has 19 heavy (non-hydrogen) atoms. The molecule has 0 amide bonds. The molecule has 0 radical (unpaired) electrons. The topological polar surface area (TPSA) is 6.48 Å². The Kier molecular flexibility index (Phi) is 9.19. The van der Waals surface area contributed by atoms with Crippen molar-refractivity contribution in [2.75, 3.05) is 33.9 Å². The zero-order chi connectivity index (χ0) is 14.9. The van der Waals surface area contributed by atoms with Gasteiger partial charge >= 0.3 is 0 Å². The van der Waals surface area contributed by atoms with Crippen molar-refractivity contribution in [2.45, 2.75) is 45.5 Å². The lowest BCUT2D eigenvalue weighted by Crippen LogP contribution is -2.35. The van der Waals surface area contributed by atoms with E-state index in [1.54, 1.807) is 6.08 Å². The Balaban J connectivity index is 0.000000316. The number of hydrogen-bond donors (Lipinski definition) is 0. The first-order chi connectivity index (χ1) is 8.93. The number of rotatable bonds is 3. The lowest BCUT2D eigenvalue weighted by molar-refractivity contribution is -0.111. The highest BCUT2D eigenvalue weighted by molar-refractivity contribution is 4.87. The Bertz CT molecular complexity index is 228. The standard InChI is InChI=1S/C8H12F2.C5H12N2.C2H6/c1-2-3-4-7-5-8(9,10)6-7;1-6-3-4-7(2)5-6;1-2/h2,7H,1,3-6H2;3-5H2,1-2H3;1-2H3. The Morgan fingerprint density at radius 1 is 1.16 bits per heavy atom. The summed E-state index contributed by atoms with van der Waals surface area (Å²) < 4.78 is 24.4. The highest BCUT2D eigenvalue weighted by Gasteiger charge is 2.44. The summed E-state index contributed by atoms with van der Waals surface area (Å²) in [6, 6.07) is 0. The van der Waals surface area contributed by atoms with Crippen molar-refractivity contribution >= 4 is 0 Å². The second-order valence-electron chi connectivity index (χ2n) is 5.30. The molecule has 4 heteroatoms. The van der Waals surface area contributed by atoms with Gasteiger partial charge in [0.05, 0.1) is 6.67 Å². The zero-order valence-corrected chi connectivity index (χ0v) is 13.0. The van der Waals surface area contributed by atoms with E-state index in [9.17, 15) is 8.78 Å². The highest BCUT2D eigenvalue weighted by atomic mass is 19.3. The molecule has 0 aromatic carbocycles. The monoisotopic (exact) mass is 276 g/mol. The third kappa shape index (κ3) is 8.32. The minimum absolute atomic E-state index is 0.0981. The van der Waals surface area contributed by atoms with Crippen LogP contribution in [0.15, 0.2) is 12.7 Å². The fourth-order valence-electron chi connectivity index (χ4n) is 2.24. The van der Waals surface area contributed by atoms with E-state index < -0.39 is 5.92 Å². The quantitative estimate of drug-likeness (QED) is 0.723. The molecule has 1 heterocycles. The van der Waals surface area contributed by atoms with Gasteiger partial charge in [-0.25, -0.2) is 8.78 Å². The molecule has 0 N–H and O–H groups in total. The van der Waals surface area contributed by atoms with Crippen LogP contribution in [0.25, 0.3) is 0 Å². The van der Waals surface area contributed by atoms with Gasteiger partial charge in [-0.05, 0) is 32.9 Å². The van der Waals surface area contributed by atoms with Gasteiger partial charge in [-0.15, -0.1) is 6.58 Å². The van der Waals surface area contributed by atoms with Crippen molar-refractivity contribution in [3.8, 4) is 0 Å². The number of allylic oxidation sites excluding steroid dienone is 1. The lowest BCUT2D eigenvalue weighted by atomic mass is 9.78. The van der Waals surface area contributed by atoms with Gasteiger partial charge in [0.1, 0.15) is 0 Å². The van der Waals surface area contributed by atoms with Crippen molar-refractivity contribution in [1.82, 2.24) is 9.80 Å². The summed E-state index contributed by atoms with van der Waals surface area (Å²) in [5.41, 5.74) is 0. The molecular weight excluding hydrogens is 246 g/mol. The fraction of sp³-hybridized carbons (Fsp3) is 0.867. The van der Waals surface area contributed by atoms with Gasteiger partial charge in [-0.2, -0.15) is 0 Å². The Hall–Kier alpha value is -0.480. The Morgan fingerprint density at radius 2 is 1.63 bits per heavy atom. The molecule has 0 unspecified atom stereocenters. The van der Waals surface area contributed by atoms with Gasteiger partial charge in [0.25, 0.3) is 0 Å². The van der Waals surface area contributed by atoms with Crippen LogP contribution in [0.2, 0.25) is 0 Å². The Morgan fingerprint density at radius 3 is 1.89 bits per heavy atom. The minimum atomic E-state index is -2.34. The lowest BCUT2D eigenvalue weighted by Gasteiger charge is -2.34. The molecule has 0 atom stereocenters. The SMILES string of the molecule is C=CCCC1CC(F)(F)C1.CC.CN1CCN(C)C1. The molecule has 0 aromatic heterocycles. The van der Waals surface area contributed by atoms with Crippen molar-refractivity contribution in [3.63, 3.8) is 0 Å². The second kappa shape index (κ2) is 9.43. The fourth-order valence-corrected chi connectivity index (χ4v) is 2.24. The third-order valence-electron chi connectivity index (χ3n) is 3.30. The first-order valence-corrected chi connectivity index (χ1v) is 7.29. The zero-order valence-electron chi connectivity index (χ0n) is 13.0. The van der Waals surface area contributed by atoms with E-state index >= 15 is 0 Å². The van der Waals surface area contributed by atoms with E-state index in [-0.39, 0.29) is 18.8 Å². The smallest absolute Gasteiger partial charge is 0.248 e. The molecule has 0 spiro atoms. The maximum absolute atomic E-state index is 12.2. The van der Waals surface area contributed by atoms with Crippen LogP contribution in [0, 0.1) is 5.92 Å². The van der Waals surface area contributed by atoms with Gasteiger partial charge in [-0.3, -0.25) is 9.80 Å². The van der Waals surface area contributed by atoms with E-state index in [1.807, 2.05) is 13.8 Å². The molecule has 1 saturated heterocycles. The van der Waals surface area contributed by atoms with Crippen molar-refractivity contribution in [1.29, 1.82) is 0 Å². The van der Waals surface area contributed by atoms with Crippen LogP contribution in [0.1, 0.15) is 39.5 Å². The first kappa shape index (κ1) is 18.5. The predicted molar refractivity (Wildman–Crippen MR) is 78.6 cm³/mol. The summed E-state index contributed by atoms with van der Waals surface area (Å²) in [6.45, 7) is 11.1. The molecular formula is C15H30F2N2. The van der Waals surface area contributed by atoms with Gasteiger partial charge < -0.3 is 0 Å². The normalized spacial score (nSPS) is 22.6. The van der Waals surface area contributed by atoms with Crippen molar-refractivity contribution < 1.29 is 8.78 Å². The van der Waals surface area contributed by atoms with E-state index in [1.165, 1.54) is 13.1 Å². The van der Waals surface area contributed by atoms with Crippen LogP contribution in [0.4, 0.5) is 8.78 Å². The minimum Gasteiger partial charge on any atom is -0.292 e. The van der Waals surface area contributed by atoms with Gasteiger partial charge in [0.15, 0.2) is 0 Å². The largest absolute Gasteiger partial charge is 0.292 e. The van der Waals surface area contributed by atoms with Crippen LogP contribution >= 0.6 is 0 Å². The molecule has 2 aliphatic rings. The maximum Gasteiger partial charge on any atom is 0.248 e. The maximum atomic E-state index is 12.2. The van der Waals surface area contributed by atoms with Gasteiger partial charge in [0.2, 0.25) is 5.92 Å². The average molecular weight is 276 g/mol. The molecule has 0 bridgehead atoms. The summed E-state index contributed by atoms with van der Waals surface area (Å²) >= 11 is 0. The number of likely N-dealkylation sites (N-methyl/N-ethyl adjacent to an activating group) is 2. The Labute approximate surface area is 117 Å². The highest BCUT2D eigenvalue weighted by Crippen LogP contribution is 2.44. The molecule has 114 valence electrons. The molecule has 1 saturated carbocycles. The van der Waals surface area contributed by atoms with Gasteiger partial charge in [-0.1, -0.05) is 19.9 Å². The summed E-state index contributed by atoms with van der Waals surface area (Å²) in [5, 5.41) is 0. The van der Waals surface area contributed by atoms with Crippen molar-refractivity contribution in [2.24, 2.45) is 5.92 Å². The van der Waals surface area contributed by atoms with Crippen LogP contribution < -0.4 is 0 Å². The third-order valence-corrected chi connectivity index (χ3v) is 3.30. The van der Waals surface area contributed by atoms with Crippen LogP contribution in [-0.2, 0) is 0 Å². The second-order valence-corrected chi connectivity index (χ2v) is 5.30. The van der Waals surface area contributed by atoms with Crippen LogP contribution in [-0.4, -0.2) is 49.6 Å². The van der Waals surface area contributed by atoms with Crippen LogP contribution in [0.3, 0.4) is 0 Å². The van der Waals surface area contributed by atoms with E-state index in [0.29, 0.717) is 0 Å². The summed E-state index contributed by atoms with van der Waals surface area (Å²) in [6.07, 6.45) is 3.75. The van der Waals surface area contributed by atoms with E-state index in [0.717, 1.165) is 19.5 Å². The predicted octanol–water partition coefficient (Wildman–Crippen LogP) is 3.85. The molecule has 2 fully saturated rings. The van der Waals surface area contributed by atoms with E-state index in [2.05, 4.69) is 30.5 Å².